The number of benzene rings is 2. The van der Waals surface area contributed by atoms with E-state index in [1.807, 2.05) is 45.0 Å². The number of amides is 1. The molecule has 0 unspecified atom stereocenters. The van der Waals surface area contributed by atoms with Crippen LogP contribution in [0.2, 0.25) is 0 Å². The lowest BCUT2D eigenvalue weighted by Gasteiger charge is -2.39. The lowest BCUT2D eigenvalue weighted by molar-refractivity contribution is -0.137. The molecule has 1 amide bonds. The zero-order valence-electron chi connectivity index (χ0n) is 19.6. The largest absolute Gasteiger partial charge is 0.416 e. The van der Waals surface area contributed by atoms with E-state index in [2.05, 4.69) is 10.6 Å². The summed E-state index contributed by atoms with van der Waals surface area (Å²) in [7, 11) is 0. The Kier molecular flexibility index (Phi) is 5.92. The summed E-state index contributed by atoms with van der Waals surface area (Å²) in [4.78, 5) is 26.8. The van der Waals surface area contributed by atoms with Gasteiger partial charge in [0.15, 0.2) is 5.78 Å². The van der Waals surface area contributed by atoms with Gasteiger partial charge in [0.1, 0.15) is 0 Å². The highest BCUT2D eigenvalue weighted by Crippen LogP contribution is 2.46. The van der Waals surface area contributed by atoms with Crippen LogP contribution < -0.4 is 10.6 Å². The Morgan fingerprint density at radius 3 is 2.38 bits per heavy atom. The van der Waals surface area contributed by atoms with Crippen LogP contribution in [0.4, 0.5) is 18.9 Å². The molecule has 1 heterocycles. The third-order valence-electron chi connectivity index (χ3n) is 6.34. The molecule has 1 atom stereocenters. The quantitative estimate of drug-likeness (QED) is 0.559. The lowest BCUT2D eigenvalue weighted by Crippen LogP contribution is -2.39. The summed E-state index contributed by atoms with van der Waals surface area (Å²) in [6, 6.07) is 12.2. The molecule has 34 heavy (non-hydrogen) atoms. The van der Waals surface area contributed by atoms with Crippen LogP contribution in [0.5, 0.6) is 0 Å². The molecule has 0 saturated heterocycles. The van der Waals surface area contributed by atoms with Crippen molar-refractivity contribution in [3.05, 3.63) is 87.8 Å². The molecule has 4 rings (SSSR count). The molecule has 2 aromatic carbocycles. The van der Waals surface area contributed by atoms with Crippen LogP contribution in [0.25, 0.3) is 0 Å². The van der Waals surface area contributed by atoms with Crippen molar-refractivity contribution in [3.63, 3.8) is 0 Å². The maximum atomic E-state index is 13.5. The number of Topliss-reactive ketones (excluding diaryl/α,β-unsaturated/α-hetero) is 1. The highest BCUT2D eigenvalue weighted by molar-refractivity contribution is 6.10. The second-order valence-corrected chi connectivity index (χ2v) is 9.87. The zero-order chi connectivity index (χ0) is 24.8. The van der Waals surface area contributed by atoms with Gasteiger partial charge in [-0.2, -0.15) is 13.2 Å². The Bertz CT molecular complexity index is 1220. The maximum Gasteiger partial charge on any atom is 0.416 e. The van der Waals surface area contributed by atoms with Crippen LogP contribution >= 0.6 is 0 Å². The minimum absolute atomic E-state index is 0.0267. The number of hydrogen-bond donors (Lipinski definition) is 2. The maximum absolute atomic E-state index is 13.5. The van der Waals surface area contributed by atoms with Gasteiger partial charge in [-0.1, -0.05) is 49.7 Å². The van der Waals surface area contributed by atoms with Crippen molar-refractivity contribution in [2.45, 2.75) is 52.6 Å². The van der Waals surface area contributed by atoms with Crippen LogP contribution in [-0.4, -0.2) is 11.7 Å². The Morgan fingerprint density at radius 1 is 1.06 bits per heavy atom. The standard InChI is InChI=1S/C27H27F3N2O2/c1-15-8-10-17(11-9-15)23-22(16(2)31-20-13-26(3,4)14-21(33)24(20)23)25(34)32-19-7-5-6-18(12-19)27(28,29)30/h5-12,23,31H,13-14H2,1-4H3,(H,32,34)/t23-/m0/s1. The number of aryl methyl sites for hydroxylation is 1. The van der Waals surface area contributed by atoms with Crippen molar-refractivity contribution in [2.24, 2.45) is 5.41 Å². The Hall–Kier alpha value is -3.35. The first kappa shape index (κ1) is 23.8. The number of anilines is 1. The number of halogens is 3. The number of nitrogens with one attached hydrogen (secondary N) is 2. The number of allylic oxidation sites excluding steroid dienone is 3. The fraction of sp³-hybridized carbons (Fsp3) is 0.333. The monoisotopic (exact) mass is 468 g/mol. The van der Waals surface area contributed by atoms with Gasteiger partial charge in [0.05, 0.1) is 5.56 Å². The molecule has 0 spiro atoms. The molecule has 0 aromatic heterocycles. The first-order chi connectivity index (χ1) is 15.9. The number of dihydropyridines is 1. The topological polar surface area (TPSA) is 58.2 Å². The van der Waals surface area contributed by atoms with E-state index in [1.54, 1.807) is 6.92 Å². The number of alkyl halides is 3. The molecule has 2 aromatic rings. The molecule has 7 heteroatoms. The fourth-order valence-corrected chi connectivity index (χ4v) is 4.80. The normalized spacial score (nSPS) is 20.1. The predicted octanol–water partition coefficient (Wildman–Crippen LogP) is 6.26. The molecule has 178 valence electrons. The van der Waals surface area contributed by atoms with E-state index in [-0.39, 0.29) is 16.9 Å². The molecule has 1 aliphatic carbocycles. The molecule has 4 nitrogen and oxygen atoms in total. The number of hydrogen-bond acceptors (Lipinski definition) is 3. The van der Waals surface area contributed by atoms with Crippen molar-refractivity contribution in [2.75, 3.05) is 5.32 Å². The van der Waals surface area contributed by atoms with Gasteiger partial charge in [0, 0.05) is 40.6 Å². The van der Waals surface area contributed by atoms with E-state index in [0.29, 0.717) is 29.7 Å². The Labute approximate surface area is 196 Å². The van der Waals surface area contributed by atoms with Gasteiger partial charge in [0.25, 0.3) is 5.91 Å². The third-order valence-corrected chi connectivity index (χ3v) is 6.34. The van der Waals surface area contributed by atoms with Crippen LogP contribution in [-0.2, 0) is 15.8 Å². The van der Waals surface area contributed by atoms with E-state index in [9.17, 15) is 22.8 Å². The van der Waals surface area contributed by atoms with Crippen molar-refractivity contribution >= 4 is 17.4 Å². The minimum atomic E-state index is -4.52. The molecule has 2 N–H and O–H groups in total. The van der Waals surface area contributed by atoms with Crippen LogP contribution in [0.15, 0.2) is 71.1 Å². The van der Waals surface area contributed by atoms with Gasteiger partial charge in [-0.15, -0.1) is 0 Å². The van der Waals surface area contributed by atoms with E-state index in [4.69, 9.17) is 0 Å². The molecule has 0 bridgehead atoms. The lowest BCUT2D eigenvalue weighted by atomic mass is 9.68. The van der Waals surface area contributed by atoms with E-state index in [0.717, 1.165) is 29.0 Å². The van der Waals surface area contributed by atoms with Crippen molar-refractivity contribution in [3.8, 4) is 0 Å². The third kappa shape index (κ3) is 4.65. The highest BCUT2D eigenvalue weighted by Gasteiger charge is 2.42. The average Bonchev–Trinajstić information content (AvgIpc) is 2.72. The SMILES string of the molecule is CC1=C(C(=O)Nc2cccc(C(F)(F)F)c2)[C@H](c2ccc(C)cc2)C2=C(CC(C)(C)CC2=O)N1. The van der Waals surface area contributed by atoms with Gasteiger partial charge in [-0.3, -0.25) is 9.59 Å². The van der Waals surface area contributed by atoms with Gasteiger partial charge in [-0.25, -0.2) is 0 Å². The van der Waals surface area contributed by atoms with Crippen LogP contribution in [0.1, 0.15) is 56.2 Å². The number of carbonyl (C=O) groups excluding carboxylic acids is 2. The smallest absolute Gasteiger partial charge is 0.362 e. The molecule has 0 saturated carbocycles. The van der Waals surface area contributed by atoms with E-state index in [1.165, 1.54) is 12.1 Å². The summed E-state index contributed by atoms with van der Waals surface area (Å²) in [5.74, 6) is -1.17. The summed E-state index contributed by atoms with van der Waals surface area (Å²) in [6.45, 7) is 7.78. The average molecular weight is 469 g/mol. The first-order valence-electron chi connectivity index (χ1n) is 11.1. The fourth-order valence-electron chi connectivity index (χ4n) is 4.80. The van der Waals surface area contributed by atoms with Gasteiger partial charge < -0.3 is 10.6 Å². The number of ketones is 1. The molecule has 1 aliphatic heterocycles. The highest BCUT2D eigenvalue weighted by atomic mass is 19.4. The second kappa shape index (κ2) is 8.46. The summed E-state index contributed by atoms with van der Waals surface area (Å²) in [5.41, 5.74) is 3.09. The summed E-state index contributed by atoms with van der Waals surface area (Å²) in [6.07, 6.45) is -3.50. The number of rotatable bonds is 3. The van der Waals surface area contributed by atoms with Crippen molar-refractivity contribution < 1.29 is 22.8 Å². The van der Waals surface area contributed by atoms with Gasteiger partial charge >= 0.3 is 6.18 Å². The first-order valence-corrected chi connectivity index (χ1v) is 11.1. The van der Waals surface area contributed by atoms with E-state index >= 15 is 0 Å². The summed E-state index contributed by atoms with van der Waals surface area (Å²) in [5, 5.41) is 5.89. The Balaban J connectivity index is 1.77. The van der Waals surface area contributed by atoms with Crippen molar-refractivity contribution in [1.29, 1.82) is 0 Å². The van der Waals surface area contributed by atoms with Crippen LogP contribution in [0.3, 0.4) is 0 Å². The number of carbonyl (C=O) groups is 2. The molecule has 0 fully saturated rings. The van der Waals surface area contributed by atoms with Crippen LogP contribution in [0, 0.1) is 12.3 Å². The summed E-state index contributed by atoms with van der Waals surface area (Å²) >= 11 is 0. The summed E-state index contributed by atoms with van der Waals surface area (Å²) < 4.78 is 39.5. The Morgan fingerprint density at radius 2 is 1.74 bits per heavy atom. The van der Waals surface area contributed by atoms with E-state index < -0.39 is 23.6 Å². The molecular formula is C27H27F3N2O2. The molecule has 0 radical (unpaired) electrons. The predicted molar refractivity (Wildman–Crippen MR) is 125 cm³/mol. The second-order valence-electron chi connectivity index (χ2n) is 9.87. The van der Waals surface area contributed by atoms with Gasteiger partial charge in [-0.05, 0) is 49.4 Å². The van der Waals surface area contributed by atoms with Crippen molar-refractivity contribution in [1.82, 2.24) is 5.32 Å². The molecular weight excluding hydrogens is 441 g/mol. The molecule has 2 aliphatic rings. The minimum Gasteiger partial charge on any atom is -0.362 e. The zero-order valence-corrected chi connectivity index (χ0v) is 19.6. The van der Waals surface area contributed by atoms with Gasteiger partial charge in [0.2, 0.25) is 0 Å².